The molecule has 0 amide bonds. The molecule has 0 saturated heterocycles. The van der Waals surface area contributed by atoms with Crippen LogP contribution in [0.15, 0.2) is 12.4 Å². The van der Waals surface area contributed by atoms with Crippen LogP contribution in [-0.2, 0) is 6.54 Å². The van der Waals surface area contributed by atoms with Gasteiger partial charge in [0.25, 0.3) is 0 Å². The fraction of sp³-hybridized carbons (Fsp3) is 0.750. The zero-order valence-corrected chi connectivity index (χ0v) is 7.85. The van der Waals surface area contributed by atoms with E-state index < -0.39 is 0 Å². The van der Waals surface area contributed by atoms with Gasteiger partial charge < -0.3 is 10.4 Å². The summed E-state index contributed by atoms with van der Waals surface area (Å²) in [5, 5.41) is 19.6. The van der Waals surface area contributed by atoms with Crippen LogP contribution in [0.1, 0.15) is 13.3 Å². The van der Waals surface area contributed by atoms with Crippen LogP contribution >= 0.6 is 0 Å². The summed E-state index contributed by atoms with van der Waals surface area (Å²) in [6, 6.07) is 0. The Morgan fingerprint density at radius 3 is 3.08 bits per heavy atom. The first-order valence-corrected chi connectivity index (χ1v) is 4.52. The molecule has 5 nitrogen and oxygen atoms in total. The Morgan fingerprint density at radius 1 is 1.62 bits per heavy atom. The standard InChI is InChI=1S/C8H16N4O/c1-8(13)7-9-3-2-5-12-6-4-10-11-12/h4,6,8-9,13H,2-3,5,7H2,1H3/t8-/m0/s1. The van der Waals surface area contributed by atoms with Gasteiger partial charge >= 0.3 is 0 Å². The monoisotopic (exact) mass is 184 g/mol. The van der Waals surface area contributed by atoms with Crippen LogP contribution in [0, 0.1) is 0 Å². The molecule has 5 heteroatoms. The summed E-state index contributed by atoms with van der Waals surface area (Å²) in [6.07, 6.45) is 4.24. The molecule has 1 aromatic rings. The van der Waals surface area contributed by atoms with Gasteiger partial charge in [0, 0.05) is 19.3 Å². The molecule has 0 unspecified atom stereocenters. The van der Waals surface area contributed by atoms with E-state index >= 15 is 0 Å². The lowest BCUT2D eigenvalue weighted by Gasteiger charge is -2.05. The van der Waals surface area contributed by atoms with Gasteiger partial charge in [-0.2, -0.15) is 0 Å². The molecule has 0 aromatic carbocycles. The van der Waals surface area contributed by atoms with E-state index in [9.17, 15) is 0 Å². The fourth-order valence-corrected chi connectivity index (χ4v) is 1.03. The number of nitrogens with one attached hydrogen (secondary N) is 1. The molecule has 0 radical (unpaired) electrons. The number of aromatic nitrogens is 3. The first-order valence-electron chi connectivity index (χ1n) is 4.52. The lowest BCUT2D eigenvalue weighted by atomic mass is 10.3. The molecule has 0 aliphatic heterocycles. The second-order valence-electron chi connectivity index (χ2n) is 3.07. The van der Waals surface area contributed by atoms with Gasteiger partial charge in [-0.3, -0.25) is 4.68 Å². The molecule has 1 atom stereocenters. The highest BCUT2D eigenvalue weighted by Gasteiger charge is 1.94. The first kappa shape index (κ1) is 10.1. The van der Waals surface area contributed by atoms with E-state index in [1.54, 1.807) is 17.8 Å². The minimum absolute atomic E-state index is 0.272. The van der Waals surface area contributed by atoms with E-state index in [1.165, 1.54) is 0 Å². The van der Waals surface area contributed by atoms with Gasteiger partial charge in [0.05, 0.1) is 12.3 Å². The van der Waals surface area contributed by atoms with Crippen molar-refractivity contribution in [2.24, 2.45) is 0 Å². The highest BCUT2D eigenvalue weighted by molar-refractivity contribution is 4.64. The number of hydrogen-bond donors (Lipinski definition) is 2. The smallest absolute Gasteiger partial charge is 0.0692 e. The third-order valence-corrected chi connectivity index (χ3v) is 1.65. The van der Waals surface area contributed by atoms with Crippen molar-refractivity contribution >= 4 is 0 Å². The van der Waals surface area contributed by atoms with E-state index in [0.717, 1.165) is 19.5 Å². The minimum Gasteiger partial charge on any atom is -0.392 e. The Kier molecular flexibility index (Phi) is 4.42. The lowest BCUT2D eigenvalue weighted by molar-refractivity contribution is 0.191. The number of hydrogen-bond acceptors (Lipinski definition) is 4. The normalized spacial score (nSPS) is 13.1. The molecule has 0 fully saturated rings. The molecule has 0 aliphatic rings. The molecule has 74 valence electrons. The SMILES string of the molecule is C[C@H](O)CNCCCn1ccnn1. The van der Waals surface area contributed by atoms with Crippen LogP contribution < -0.4 is 5.32 Å². The number of aryl methyl sites for hydroxylation is 1. The van der Waals surface area contributed by atoms with E-state index in [2.05, 4.69) is 15.6 Å². The quantitative estimate of drug-likeness (QED) is 0.593. The van der Waals surface area contributed by atoms with Gasteiger partial charge in [0.15, 0.2) is 0 Å². The number of aliphatic hydroxyl groups excluding tert-OH is 1. The molecular weight excluding hydrogens is 168 g/mol. The van der Waals surface area contributed by atoms with Crippen molar-refractivity contribution in [1.29, 1.82) is 0 Å². The van der Waals surface area contributed by atoms with Crippen molar-refractivity contribution in [2.75, 3.05) is 13.1 Å². The maximum Gasteiger partial charge on any atom is 0.0692 e. The maximum absolute atomic E-state index is 8.95. The van der Waals surface area contributed by atoms with Crippen molar-refractivity contribution < 1.29 is 5.11 Å². The molecule has 0 bridgehead atoms. The lowest BCUT2D eigenvalue weighted by Crippen LogP contribution is -2.25. The van der Waals surface area contributed by atoms with Crippen molar-refractivity contribution in [1.82, 2.24) is 20.3 Å². The van der Waals surface area contributed by atoms with E-state index in [1.807, 2.05) is 6.20 Å². The highest BCUT2D eigenvalue weighted by Crippen LogP contribution is 1.85. The Hall–Kier alpha value is -0.940. The third-order valence-electron chi connectivity index (χ3n) is 1.65. The van der Waals surface area contributed by atoms with Crippen molar-refractivity contribution in [2.45, 2.75) is 26.0 Å². The van der Waals surface area contributed by atoms with E-state index in [4.69, 9.17) is 5.11 Å². The van der Waals surface area contributed by atoms with Crippen LogP contribution in [0.4, 0.5) is 0 Å². The Morgan fingerprint density at radius 2 is 2.46 bits per heavy atom. The largest absolute Gasteiger partial charge is 0.392 e. The van der Waals surface area contributed by atoms with Gasteiger partial charge in [-0.05, 0) is 19.9 Å². The maximum atomic E-state index is 8.95. The summed E-state index contributed by atoms with van der Waals surface area (Å²) in [6.45, 7) is 4.18. The summed E-state index contributed by atoms with van der Waals surface area (Å²) in [7, 11) is 0. The summed E-state index contributed by atoms with van der Waals surface area (Å²) in [5.74, 6) is 0. The summed E-state index contributed by atoms with van der Waals surface area (Å²) >= 11 is 0. The topological polar surface area (TPSA) is 63.0 Å². The average Bonchev–Trinajstić information content (AvgIpc) is 2.55. The fourth-order valence-electron chi connectivity index (χ4n) is 1.03. The average molecular weight is 184 g/mol. The van der Waals surface area contributed by atoms with E-state index in [0.29, 0.717) is 6.54 Å². The molecule has 13 heavy (non-hydrogen) atoms. The van der Waals surface area contributed by atoms with Gasteiger partial charge in [0.1, 0.15) is 0 Å². The van der Waals surface area contributed by atoms with Gasteiger partial charge in [0.2, 0.25) is 0 Å². The van der Waals surface area contributed by atoms with Gasteiger partial charge in [-0.15, -0.1) is 5.10 Å². The zero-order valence-electron chi connectivity index (χ0n) is 7.85. The Balaban J connectivity index is 1.96. The summed E-state index contributed by atoms with van der Waals surface area (Å²) < 4.78 is 1.80. The van der Waals surface area contributed by atoms with Crippen molar-refractivity contribution in [3.05, 3.63) is 12.4 Å². The zero-order chi connectivity index (χ0) is 9.52. The van der Waals surface area contributed by atoms with Gasteiger partial charge in [-0.1, -0.05) is 5.21 Å². The second kappa shape index (κ2) is 5.66. The molecular formula is C8H16N4O. The molecule has 0 spiro atoms. The summed E-state index contributed by atoms with van der Waals surface area (Å²) in [4.78, 5) is 0. The molecule has 1 aromatic heterocycles. The number of nitrogens with zero attached hydrogens (tertiary/aromatic N) is 3. The minimum atomic E-state index is -0.272. The third kappa shape index (κ3) is 4.59. The van der Waals surface area contributed by atoms with Crippen LogP contribution in [0.2, 0.25) is 0 Å². The number of aliphatic hydroxyl groups is 1. The first-order chi connectivity index (χ1) is 6.29. The predicted molar refractivity (Wildman–Crippen MR) is 49.2 cm³/mol. The summed E-state index contributed by atoms with van der Waals surface area (Å²) in [5.41, 5.74) is 0. The Labute approximate surface area is 77.8 Å². The van der Waals surface area contributed by atoms with Crippen LogP contribution in [0.3, 0.4) is 0 Å². The van der Waals surface area contributed by atoms with Crippen LogP contribution in [0.25, 0.3) is 0 Å². The van der Waals surface area contributed by atoms with E-state index in [-0.39, 0.29) is 6.10 Å². The van der Waals surface area contributed by atoms with Crippen molar-refractivity contribution in [3.63, 3.8) is 0 Å². The predicted octanol–water partition coefficient (Wildman–Crippen LogP) is -0.361. The Bertz CT molecular complexity index is 210. The molecule has 2 N–H and O–H groups in total. The second-order valence-corrected chi connectivity index (χ2v) is 3.07. The van der Waals surface area contributed by atoms with Crippen LogP contribution in [-0.4, -0.2) is 39.3 Å². The molecule has 1 rings (SSSR count). The van der Waals surface area contributed by atoms with Gasteiger partial charge in [-0.25, -0.2) is 0 Å². The number of rotatable bonds is 6. The molecule has 0 saturated carbocycles. The molecule has 1 heterocycles. The molecule has 0 aliphatic carbocycles. The van der Waals surface area contributed by atoms with Crippen LogP contribution in [0.5, 0.6) is 0 Å². The highest BCUT2D eigenvalue weighted by atomic mass is 16.3. The van der Waals surface area contributed by atoms with Crippen molar-refractivity contribution in [3.8, 4) is 0 Å².